The van der Waals surface area contributed by atoms with Crippen molar-refractivity contribution in [2.24, 2.45) is 5.92 Å². The van der Waals surface area contributed by atoms with Gasteiger partial charge in [-0.2, -0.15) is 5.21 Å². The first kappa shape index (κ1) is 30.4. The van der Waals surface area contributed by atoms with E-state index in [2.05, 4.69) is 36.6 Å². The van der Waals surface area contributed by atoms with Crippen LogP contribution < -0.4 is 16.0 Å². The van der Waals surface area contributed by atoms with Gasteiger partial charge in [0.25, 0.3) is 5.91 Å². The molecule has 1 saturated heterocycles. The molecule has 220 valence electrons. The Morgan fingerprint density at radius 2 is 1.82 bits per heavy atom. The Kier molecular flexibility index (Phi) is 10.9. The summed E-state index contributed by atoms with van der Waals surface area (Å²) in [6, 6.07) is -2.81. The van der Waals surface area contributed by atoms with E-state index in [1.807, 2.05) is 6.92 Å². The molecule has 0 radical (unpaired) electrons. The van der Waals surface area contributed by atoms with Crippen molar-refractivity contribution in [1.82, 2.24) is 46.4 Å². The lowest BCUT2D eigenvalue weighted by molar-refractivity contribution is -0.139. The van der Waals surface area contributed by atoms with Gasteiger partial charge < -0.3 is 26.0 Å². The maximum atomic E-state index is 13.4. The summed E-state index contributed by atoms with van der Waals surface area (Å²) >= 11 is 0. The Hall–Kier alpha value is -4.11. The Balaban J connectivity index is 1.68. The van der Waals surface area contributed by atoms with E-state index in [0.717, 1.165) is 37.0 Å². The monoisotopic (exact) mass is 563 g/mol. The van der Waals surface area contributed by atoms with Gasteiger partial charge in [0.2, 0.25) is 17.7 Å². The van der Waals surface area contributed by atoms with Crippen LogP contribution in [0.5, 0.6) is 0 Å². The van der Waals surface area contributed by atoms with Crippen molar-refractivity contribution in [1.29, 1.82) is 0 Å². The number of nitrogens with zero attached hydrogens (tertiary/aromatic N) is 5. The highest BCUT2D eigenvalue weighted by Gasteiger charge is 2.47. The van der Waals surface area contributed by atoms with E-state index in [9.17, 15) is 28.8 Å². The molecule has 0 spiro atoms. The molecule has 40 heavy (non-hydrogen) atoms. The Bertz CT molecular complexity index is 1070. The number of aliphatic carboxylic acids is 1. The fraction of sp³-hybridized carbons (Fsp3) is 0.708. The molecule has 1 aliphatic heterocycles. The normalized spacial score (nSPS) is 19.1. The second-order valence-corrected chi connectivity index (χ2v) is 10.1. The zero-order chi connectivity index (χ0) is 29.2. The number of amides is 6. The Labute approximate surface area is 231 Å². The van der Waals surface area contributed by atoms with Gasteiger partial charge in [0.1, 0.15) is 12.1 Å². The predicted molar refractivity (Wildman–Crippen MR) is 137 cm³/mol. The van der Waals surface area contributed by atoms with Gasteiger partial charge in [0.05, 0.1) is 26.1 Å². The third-order valence-electron chi connectivity index (χ3n) is 7.32. The molecule has 3 rings (SSSR count). The first-order valence-corrected chi connectivity index (χ1v) is 13.5. The number of carbonyl (C=O) groups excluding carboxylic acids is 5. The number of aromatic nitrogens is 4. The number of hydrogen-bond donors (Lipinski definition) is 5. The van der Waals surface area contributed by atoms with Gasteiger partial charge in [-0.15, -0.1) is 10.2 Å². The highest BCUT2D eigenvalue weighted by molar-refractivity contribution is 6.04. The molecule has 2 heterocycles. The number of imide groups is 1. The molecule has 16 nitrogen and oxygen atoms in total. The Morgan fingerprint density at radius 3 is 2.45 bits per heavy atom. The molecule has 1 aliphatic carbocycles. The third-order valence-corrected chi connectivity index (χ3v) is 7.32. The molecule has 16 heteroatoms. The van der Waals surface area contributed by atoms with Crippen molar-refractivity contribution in [2.45, 2.75) is 89.9 Å². The quantitative estimate of drug-likeness (QED) is 0.203. The SMILES string of the molecule is CCC(C)C(NC(=O)CCC(=O)O)C(=O)NCC(=O)N1C(=O)N(C2CCCCC2)C[C@H]1C(=O)NCc1nn[nH]n1. The lowest BCUT2D eigenvalue weighted by atomic mass is 9.94. The van der Waals surface area contributed by atoms with E-state index in [0.29, 0.717) is 6.42 Å². The molecule has 3 atom stereocenters. The molecular formula is C24H37N9O7. The van der Waals surface area contributed by atoms with Gasteiger partial charge >= 0.3 is 12.0 Å². The molecular weight excluding hydrogens is 526 g/mol. The van der Waals surface area contributed by atoms with Crippen molar-refractivity contribution < 1.29 is 33.9 Å². The summed E-state index contributed by atoms with van der Waals surface area (Å²) < 4.78 is 0. The molecule has 2 fully saturated rings. The Morgan fingerprint density at radius 1 is 1.10 bits per heavy atom. The maximum absolute atomic E-state index is 13.4. The van der Waals surface area contributed by atoms with Crippen molar-refractivity contribution in [3.8, 4) is 0 Å². The molecule has 0 aromatic carbocycles. The number of hydrogen-bond acceptors (Lipinski definition) is 9. The zero-order valence-corrected chi connectivity index (χ0v) is 22.7. The molecule has 1 saturated carbocycles. The molecule has 2 unspecified atom stereocenters. The van der Waals surface area contributed by atoms with Crippen LogP contribution in [-0.4, -0.2) is 102 Å². The molecule has 0 bridgehead atoms. The molecule has 1 aromatic rings. The standard InChI is InChI=1S/C24H37N9O7/c1-3-14(2)21(27-18(34)9-10-20(36)37)23(39)26-12-19(35)33-16(22(38)25-11-17-28-30-31-29-17)13-32(24(33)40)15-7-5-4-6-8-15/h14-16,21H,3-13H2,1-2H3,(H,25,38)(H,26,39)(H,27,34)(H,36,37)(H,28,29,30,31)/t14?,16-,21?/m0/s1. The minimum absolute atomic E-state index is 0.0242. The third kappa shape index (κ3) is 7.95. The second kappa shape index (κ2) is 14.3. The number of tetrazole rings is 1. The minimum atomic E-state index is -1.14. The van der Waals surface area contributed by atoms with Crippen molar-refractivity contribution in [2.75, 3.05) is 13.1 Å². The lowest BCUT2D eigenvalue weighted by Gasteiger charge is -2.30. The van der Waals surface area contributed by atoms with Crippen molar-refractivity contribution in [3.05, 3.63) is 5.82 Å². The van der Waals surface area contributed by atoms with Crippen LogP contribution in [0.4, 0.5) is 4.79 Å². The van der Waals surface area contributed by atoms with E-state index in [1.54, 1.807) is 11.8 Å². The summed E-state index contributed by atoms with van der Waals surface area (Å²) in [6.07, 6.45) is 4.35. The van der Waals surface area contributed by atoms with Crippen LogP contribution in [0.2, 0.25) is 0 Å². The van der Waals surface area contributed by atoms with Gasteiger partial charge in [0, 0.05) is 12.5 Å². The summed E-state index contributed by atoms with van der Waals surface area (Å²) in [5, 5.41) is 29.7. The van der Waals surface area contributed by atoms with Crippen LogP contribution in [0.15, 0.2) is 0 Å². The second-order valence-electron chi connectivity index (χ2n) is 10.1. The van der Waals surface area contributed by atoms with E-state index in [4.69, 9.17) is 5.11 Å². The first-order valence-electron chi connectivity index (χ1n) is 13.5. The molecule has 2 aliphatic rings. The van der Waals surface area contributed by atoms with Gasteiger partial charge in [-0.3, -0.25) is 24.0 Å². The topological polar surface area (TPSA) is 220 Å². The van der Waals surface area contributed by atoms with Crippen LogP contribution >= 0.6 is 0 Å². The molecule has 1 aromatic heterocycles. The van der Waals surface area contributed by atoms with Crippen LogP contribution in [0, 0.1) is 5.92 Å². The summed E-state index contributed by atoms with van der Waals surface area (Å²) in [4.78, 5) is 78.1. The maximum Gasteiger partial charge on any atom is 0.327 e. The van der Waals surface area contributed by atoms with Gasteiger partial charge in [-0.25, -0.2) is 9.69 Å². The summed E-state index contributed by atoms with van der Waals surface area (Å²) in [6.45, 7) is 2.95. The number of aromatic amines is 1. The predicted octanol–water partition coefficient (Wildman–Crippen LogP) is -0.707. The first-order chi connectivity index (χ1) is 19.1. The highest BCUT2D eigenvalue weighted by Crippen LogP contribution is 2.28. The average molecular weight is 564 g/mol. The van der Waals surface area contributed by atoms with Crippen LogP contribution in [0.3, 0.4) is 0 Å². The number of urea groups is 1. The fourth-order valence-corrected chi connectivity index (χ4v) is 4.86. The number of carboxylic acids is 1. The largest absolute Gasteiger partial charge is 0.481 e. The number of nitrogens with one attached hydrogen (secondary N) is 4. The van der Waals surface area contributed by atoms with Gasteiger partial charge in [-0.05, 0) is 18.8 Å². The van der Waals surface area contributed by atoms with Crippen LogP contribution in [0.25, 0.3) is 0 Å². The lowest BCUT2D eigenvalue weighted by Crippen LogP contribution is -2.54. The van der Waals surface area contributed by atoms with Gasteiger partial charge in [0.15, 0.2) is 5.82 Å². The van der Waals surface area contributed by atoms with Crippen molar-refractivity contribution in [3.63, 3.8) is 0 Å². The van der Waals surface area contributed by atoms with Crippen LogP contribution in [-0.2, 0) is 30.5 Å². The fourth-order valence-electron chi connectivity index (χ4n) is 4.86. The smallest absolute Gasteiger partial charge is 0.327 e. The van der Waals surface area contributed by atoms with E-state index in [-0.39, 0.29) is 43.7 Å². The van der Waals surface area contributed by atoms with E-state index < -0.39 is 54.3 Å². The van der Waals surface area contributed by atoms with E-state index in [1.165, 1.54) is 0 Å². The summed E-state index contributed by atoms with van der Waals surface area (Å²) in [7, 11) is 0. The zero-order valence-electron chi connectivity index (χ0n) is 22.7. The number of carbonyl (C=O) groups is 6. The number of rotatable bonds is 13. The van der Waals surface area contributed by atoms with Gasteiger partial charge in [-0.1, -0.05) is 44.7 Å². The number of carboxylic acid groups (broad SMARTS) is 1. The molecule has 5 N–H and O–H groups in total. The number of H-pyrrole nitrogens is 1. The average Bonchev–Trinajstić information content (AvgIpc) is 3.60. The van der Waals surface area contributed by atoms with Crippen molar-refractivity contribution >= 4 is 35.6 Å². The van der Waals surface area contributed by atoms with E-state index >= 15 is 0 Å². The summed E-state index contributed by atoms with van der Waals surface area (Å²) in [5.74, 6) is -3.82. The molecule has 6 amide bonds. The summed E-state index contributed by atoms with van der Waals surface area (Å²) in [5.41, 5.74) is 0. The minimum Gasteiger partial charge on any atom is -0.481 e. The van der Waals surface area contributed by atoms with Crippen LogP contribution in [0.1, 0.15) is 71.0 Å². The highest BCUT2D eigenvalue weighted by atomic mass is 16.4.